The first-order valence-electron chi connectivity index (χ1n) is 5.63. The van der Waals surface area contributed by atoms with Crippen molar-refractivity contribution >= 4 is 60.1 Å². The molecular weight excluding hydrogens is 521 g/mol. The van der Waals surface area contributed by atoms with Crippen molar-refractivity contribution in [3.05, 3.63) is 58.5 Å². The predicted octanol–water partition coefficient (Wildman–Crippen LogP) is 5.01. The predicted molar refractivity (Wildman–Crippen MR) is 93.7 cm³/mol. The lowest BCUT2D eigenvalue weighted by molar-refractivity contribution is -0.386. The molecule has 1 N–H and O–H groups in total. The number of hydrogen-bond donors (Lipinski definition) is 1. The largest absolute Gasteiger partial charge is 0.449 e. The van der Waals surface area contributed by atoms with Gasteiger partial charge in [-0.15, -0.1) is 0 Å². The van der Waals surface area contributed by atoms with Gasteiger partial charge in [0.25, 0.3) is 0 Å². The molecular formula is C13H8Br2INO4. The molecule has 0 saturated carbocycles. The molecule has 0 amide bonds. The molecule has 5 nitrogen and oxygen atoms in total. The van der Waals surface area contributed by atoms with Gasteiger partial charge >= 0.3 is 5.69 Å². The van der Waals surface area contributed by atoms with Crippen LogP contribution in [0.15, 0.2) is 39.3 Å². The van der Waals surface area contributed by atoms with Gasteiger partial charge in [-0.3, -0.25) is 10.1 Å². The number of halogens is 3. The molecule has 0 spiro atoms. The lowest BCUT2D eigenvalue weighted by atomic mass is 10.2. The molecule has 110 valence electrons. The molecule has 0 heterocycles. The van der Waals surface area contributed by atoms with Gasteiger partial charge in [0.1, 0.15) is 5.75 Å². The van der Waals surface area contributed by atoms with Crippen LogP contribution in [0.4, 0.5) is 5.69 Å². The Hall–Kier alpha value is -0.710. The summed E-state index contributed by atoms with van der Waals surface area (Å²) in [6.45, 7) is -0.441. The minimum atomic E-state index is -0.556. The quantitative estimate of drug-likeness (QED) is 0.344. The summed E-state index contributed by atoms with van der Waals surface area (Å²) in [5, 5.41) is 20.5. The third-order valence-corrected chi connectivity index (χ3v) is 4.38. The van der Waals surface area contributed by atoms with Gasteiger partial charge in [0.05, 0.1) is 20.7 Å². The molecule has 2 aromatic carbocycles. The Labute approximate surface area is 150 Å². The van der Waals surface area contributed by atoms with Crippen molar-refractivity contribution in [1.82, 2.24) is 0 Å². The van der Waals surface area contributed by atoms with Crippen molar-refractivity contribution in [3.8, 4) is 11.5 Å². The maximum absolute atomic E-state index is 11.2. The van der Waals surface area contributed by atoms with E-state index >= 15 is 0 Å². The van der Waals surface area contributed by atoms with Crippen molar-refractivity contribution in [3.63, 3.8) is 0 Å². The summed E-state index contributed by atoms with van der Waals surface area (Å²) in [7, 11) is 0. The third kappa shape index (κ3) is 3.93. The molecule has 0 aliphatic rings. The van der Waals surface area contributed by atoms with E-state index in [1.54, 1.807) is 12.1 Å². The second-order valence-corrected chi connectivity index (χ2v) is 7.00. The Morgan fingerprint density at radius 1 is 1.19 bits per heavy atom. The minimum Gasteiger partial charge on any atom is -0.449 e. The van der Waals surface area contributed by atoms with E-state index in [-0.39, 0.29) is 17.0 Å². The standard InChI is InChI=1S/C13H8Br2INO4/c14-8-1-2-11(10(16)4-8)21-12-5-9(15)3-7(6-18)13(12)17(19)20/h1-5,18H,6H2. The molecule has 21 heavy (non-hydrogen) atoms. The van der Waals surface area contributed by atoms with E-state index in [2.05, 4.69) is 54.5 Å². The summed E-state index contributed by atoms with van der Waals surface area (Å²) in [6, 6.07) is 8.35. The topological polar surface area (TPSA) is 72.6 Å². The number of nitrogens with zero attached hydrogens (tertiary/aromatic N) is 1. The van der Waals surface area contributed by atoms with Gasteiger partial charge in [0.2, 0.25) is 5.75 Å². The molecule has 0 aliphatic carbocycles. The highest BCUT2D eigenvalue weighted by atomic mass is 127. The Morgan fingerprint density at radius 2 is 1.90 bits per heavy atom. The first kappa shape index (κ1) is 16.7. The van der Waals surface area contributed by atoms with E-state index in [1.165, 1.54) is 12.1 Å². The van der Waals surface area contributed by atoms with E-state index < -0.39 is 11.5 Å². The fourth-order valence-corrected chi connectivity index (χ4v) is 3.61. The summed E-state index contributed by atoms with van der Waals surface area (Å²) in [5.41, 5.74) is -0.0455. The molecule has 0 unspecified atom stereocenters. The fourth-order valence-electron chi connectivity index (χ4n) is 1.71. The monoisotopic (exact) mass is 527 g/mol. The van der Waals surface area contributed by atoms with Crippen LogP contribution >= 0.6 is 54.5 Å². The fraction of sp³-hybridized carbons (Fsp3) is 0.0769. The number of ether oxygens (including phenoxy) is 1. The van der Waals surface area contributed by atoms with Crippen molar-refractivity contribution in [2.45, 2.75) is 6.61 Å². The average Bonchev–Trinajstić information content (AvgIpc) is 2.40. The van der Waals surface area contributed by atoms with Gasteiger partial charge in [-0.05, 0) is 46.9 Å². The van der Waals surface area contributed by atoms with Crippen molar-refractivity contribution in [2.75, 3.05) is 0 Å². The summed E-state index contributed by atoms with van der Waals surface area (Å²) >= 11 is 8.68. The summed E-state index contributed by atoms with van der Waals surface area (Å²) < 4.78 is 7.96. The SMILES string of the molecule is O=[N+]([O-])c1c(CO)cc(Br)cc1Oc1ccc(Br)cc1I. The molecule has 0 aliphatic heterocycles. The highest BCUT2D eigenvalue weighted by molar-refractivity contribution is 14.1. The summed E-state index contributed by atoms with van der Waals surface area (Å²) in [6.07, 6.45) is 0. The van der Waals surface area contributed by atoms with Crippen LogP contribution in [0.5, 0.6) is 11.5 Å². The molecule has 2 rings (SSSR count). The van der Waals surface area contributed by atoms with E-state index in [9.17, 15) is 15.2 Å². The second kappa shape index (κ2) is 7.03. The number of nitro groups is 1. The first-order chi connectivity index (χ1) is 9.92. The van der Waals surface area contributed by atoms with Gasteiger partial charge < -0.3 is 9.84 Å². The van der Waals surface area contributed by atoms with Crippen LogP contribution in [0.1, 0.15) is 5.56 Å². The lowest BCUT2D eigenvalue weighted by Crippen LogP contribution is -2.00. The zero-order valence-electron chi connectivity index (χ0n) is 10.3. The first-order valence-corrected chi connectivity index (χ1v) is 8.29. The van der Waals surface area contributed by atoms with Crippen LogP contribution < -0.4 is 4.74 Å². The zero-order chi connectivity index (χ0) is 15.6. The summed E-state index contributed by atoms with van der Waals surface area (Å²) in [4.78, 5) is 10.7. The van der Waals surface area contributed by atoms with Crippen LogP contribution in [-0.4, -0.2) is 10.0 Å². The van der Waals surface area contributed by atoms with Gasteiger partial charge in [0, 0.05) is 15.0 Å². The summed E-state index contributed by atoms with van der Waals surface area (Å²) in [5.74, 6) is 0.586. The van der Waals surface area contributed by atoms with Gasteiger partial charge in [-0.2, -0.15) is 0 Å². The van der Waals surface area contributed by atoms with Crippen molar-refractivity contribution < 1.29 is 14.8 Å². The van der Waals surface area contributed by atoms with Gasteiger partial charge in [0.15, 0.2) is 0 Å². The molecule has 8 heteroatoms. The van der Waals surface area contributed by atoms with E-state index in [0.29, 0.717) is 10.2 Å². The van der Waals surface area contributed by atoms with E-state index in [1.807, 2.05) is 6.07 Å². The van der Waals surface area contributed by atoms with E-state index in [0.717, 1.165) is 8.04 Å². The van der Waals surface area contributed by atoms with Gasteiger partial charge in [-0.1, -0.05) is 31.9 Å². The molecule has 0 aromatic heterocycles. The van der Waals surface area contributed by atoms with Crippen LogP contribution in [0, 0.1) is 13.7 Å². The smallest absolute Gasteiger partial charge is 0.317 e. The Kier molecular flexibility index (Phi) is 5.58. The Bertz CT molecular complexity index is 709. The Morgan fingerprint density at radius 3 is 2.48 bits per heavy atom. The number of benzene rings is 2. The third-order valence-electron chi connectivity index (χ3n) is 2.59. The number of nitro benzene ring substituents is 1. The Balaban J connectivity index is 2.52. The molecule has 2 aromatic rings. The maximum Gasteiger partial charge on any atom is 0.317 e. The molecule has 0 radical (unpaired) electrons. The van der Waals surface area contributed by atoms with Gasteiger partial charge in [-0.25, -0.2) is 0 Å². The highest BCUT2D eigenvalue weighted by Gasteiger charge is 2.23. The number of hydrogen-bond acceptors (Lipinski definition) is 4. The average molecular weight is 529 g/mol. The van der Waals surface area contributed by atoms with Crippen LogP contribution in [-0.2, 0) is 6.61 Å². The molecule has 0 fully saturated rings. The lowest BCUT2D eigenvalue weighted by Gasteiger charge is -2.11. The minimum absolute atomic E-state index is 0.0821. The maximum atomic E-state index is 11.2. The number of aliphatic hydroxyl groups excluding tert-OH is 1. The molecule has 0 atom stereocenters. The van der Waals surface area contributed by atoms with Crippen molar-refractivity contribution in [2.24, 2.45) is 0 Å². The molecule has 0 bridgehead atoms. The highest BCUT2D eigenvalue weighted by Crippen LogP contribution is 2.39. The number of rotatable bonds is 4. The molecule has 0 saturated heterocycles. The second-order valence-electron chi connectivity index (χ2n) is 4.00. The van der Waals surface area contributed by atoms with Crippen LogP contribution in [0.2, 0.25) is 0 Å². The number of aliphatic hydroxyl groups is 1. The van der Waals surface area contributed by atoms with Crippen LogP contribution in [0.3, 0.4) is 0 Å². The normalized spacial score (nSPS) is 10.5. The van der Waals surface area contributed by atoms with E-state index in [4.69, 9.17) is 4.74 Å². The van der Waals surface area contributed by atoms with Crippen molar-refractivity contribution in [1.29, 1.82) is 0 Å². The van der Waals surface area contributed by atoms with Crippen LogP contribution in [0.25, 0.3) is 0 Å². The zero-order valence-corrected chi connectivity index (χ0v) is 15.7.